The van der Waals surface area contributed by atoms with E-state index >= 15 is 0 Å². The molecule has 1 rings (SSSR count). The Morgan fingerprint density at radius 1 is 1.26 bits per heavy atom. The van der Waals surface area contributed by atoms with Crippen LogP contribution in [0.1, 0.15) is 37.8 Å². The Balaban J connectivity index is 2.12. The van der Waals surface area contributed by atoms with Crippen molar-refractivity contribution < 1.29 is 4.39 Å². The maximum Gasteiger partial charge on any atom is 0.126 e. The number of hydrogen-bond acceptors (Lipinski definition) is 2. The van der Waals surface area contributed by atoms with Crippen LogP contribution in [0.2, 0.25) is 0 Å². The molecule has 0 radical (unpaired) electrons. The molecule has 0 aliphatic carbocycles. The van der Waals surface area contributed by atoms with E-state index in [2.05, 4.69) is 31.1 Å². The van der Waals surface area contributed by atoms with E-state index < -0.39 is 0 Å². The molecule has 0 spiro atoms. The SMILES string of the molecule is Cc1cc(CNCCCCN(C)C(C)C)ccc1F. The van der Waals surface area contributed by atoms with Crippen molar-refractivity contribution >= 4 is 0 Å². The van der Waals surface area contributed by atoms with Gasteiger partial charge in [-0.1, -0.05) is 12.1 Å². The molecule has 0 heterocycles. The fourth-order valence-electron chi connectivity index (χ4n) is 1.92. The molecular formula is C16H27FN2. The Hall–Kier alpha value is -0.930. The van der Waals surface area contributed by atoms with Crippen molar-refractivity contribution in [1.29, 1.82) is 0 Å². The molecule has 1 aromatic rings. The Labute approximate surface area is 117 Å². The van der Waals surface area contributed by atoms with Gasteiger partial charge in [0.05, 0.1) is 0 Å². The number of nitrogens with one attached hydrogen (secondary N) is 1. The Morgan fingerprint density at radius 2 is 2.00 bits per heavy atom. The van der Waals surface area contributed by atoms with Crippen molar-refractivity contribution in [1.82, 2.24) is 10.2 Å². The minimum atomic E-state index is -0.125. The van der Waals surface area contributed by atoms with E-state index in [9.17, 15) is 4.39 Å². The van der Waals surface area contributed by atoms with Gasteiger partial charge in [-0.2, -0.15) is 0 Å². The summed E-state index contributed by atoms with van der Waals surface area (Å²) in [6.07, 6.45) is 2.39. The fraction of sp³-hybridized carbons (Fsp3) is 0.625. The van der Waals surface area contributed by atoms with Gasteiger partial charge in [-0.3, -0.25) is 0 Å². The predicted molar refractivity (Wildman–Crippen MR) is 79.8 cm³/mol. The lowest BCUT2D eigenvalue weighted by Crippen LogP contribution is -2.27. The molecule has 19 heavy (non-hydrogen) atoms. The quantitative estimate of drug-likeness (QED) is 0.726. The average Bonchev–Trinajstić information content (AvgIpc) is 2.37. The highest BCUT2D eigenvalue weighted by Crippen LogP contribution is 2.08. The van der Waals surface area contributed by atoms with Crippen LogP contribution in [0.15, 0.2) is 18.2 Å². The molecule has 0 atom stereocenters. The highest BCUT2D eigenvalue weighted by Gasteiger charge is 2.02. The second-order valence-corrected chi connectivity index (χ2v) is 5.54. The van der Waals surface area contributed by atoms with E-state index in [0.29, 0.717) is 6.04 Å². The molecule has 3 heteroatoms. The zero-order valence-corrected chi connectivity index (χ0v) is 12.7. The number of aryl methyl sites for hydroxylation is 1. The van der Waals surface area contributed by atoms with Gasteiger partial charge in [0.15, 0.2) is 0 Å². The summed E-state index contributed by atoms with van der Waals surface area (Å²) in [5, 5.41) is 3.41. The lowest BCUT2D eigenvalue weighted by Gasteiger charge is -2.20. The van der Waals surface area contributed by atoms with Gasteiger partial charge in [0.2, 0.25) is 0 Å². The van der Waals surface area contributed by atoms with Crippen LogP contribution in [0.5, 0.6) is 0 Å². The second kappa shape index (κ2) is 8.28. The normalized spacial score (nSPS) is 11.5. The van der Waals surface area contributed by atoms with Crippen LogP contribution in [-0.2, 0) is 6.54 Å². The Morgan fingerprint density at radius 3 is 2.63 bits per heavy atom. The molecule has 0 aliphatic rings. The lowest BCUT2D eigenvalue weighted by molar-refractivity contribution is 0.268. The highest BCUT2D eigenvalue weighted by molar-refractivity contribution is 5.23. The summed E-state index contributed by atoms with van der Waals surface area (Å²) in [5.41, 5.74) is 1.87. The molecule has 0 bridgehead atoms. The van der Waals surface area contributed by atoms with Gasteiger partial charge < -0.3 is 10.2 Å². The summed E-state index contributed by atoms with van der Waals surface area (Å²) in [7, 11) is 2.17. The van der Waals surface area contributed by atoms with Gasteiger partial charge in [0, 0.05) is 12.6 Å². The van der Waals surface area contributed by atoms with Crippen molar-refractivity contribution in [2.24, 2.45) is 0 Å². The summed E-state index contributed by atoms with van der Waals surface area (Å²) in [4.78, 5) is 2.36. The van der Waals surface area contributed by atoms with E-state index in [-0.39, 0.29) is 5.82 Å². The minimum Gasteiger partial charge on any atom is -0.313 e. The van der Waals surface area contributed by atoms with Crippen molar-refractivity contribution in [3.63, 3.8) is 0 Å². The maximum absolute atomic E-state index is 13.1. The standard InChI is InChI=1S/C16H27FN2/c1-13(2)19(4)10-6-5-9-18-12-15-7-8-16(17)14(3)11-15/h7-8,11,13,18H,5-6,9-10,12H2,1-4H3. The van der Waals surface area contributed by atoms with E-state index in [1.807, 2.05) is 12.1 Å². The molecule has 0 aromatic heterocycles. The van der Waals surface area contributed by atoms with E-state index in [4.69, 9.17) is 0 Å². The molecule has 0 amide bonds. The third-order valence-electron chi connectivity index (χ3n) is 3.55. The third kappa shape index (κ3) is 6.17. The van der Waals surface area contributed by atoms with E-state index in [1.54, 1.807) is 13.0 Å². The Bertz CT molecular complexity index is 377. The number of rotatable bonds is 8. The molecular weight excluding hydrogens is 239 g/mol. The smallest absolute Gasteiger partial charge is 0.126 e. The van der Waals surface area contributed by atoms with Gasteiger partial charge in [0.25, 0.3) is 0 Å². The number of nitrogens with zero attached hydrogens (tertiary/aromatic N) is 1. The average molecular weight is 266 g/mol. The topological polar surface area (TPSA) is 15.3 Å². The fourth-order valence-corrected chi connectivity index (χ4v) is 1.92. The highest BCUT2D eigenvalue weighted by atomic mass is 19.1. The summed E-state index contributed by atoms with van der Waals surface area (Å²) in [6, 6.07) is 5.93. The molecule has 108 valence electrons. The minimum absolute atomic E-state index is 0.125. The summed E-state index contributed by atoms with van der Waals surface area (Å²) < 4.78 is 13.1. The van der Waals surface area contributed by atoms with Crippen LogP contribution in [0.25, 0.3) is 0 Å². The van der Waals surface area contributed by atoms with Crippen molar-refractivity contribution in [2.75, 3.05) is 20.1 Å². The number of halogens is 1. The second-order valence-electron chi connectivity index (χ2n) is 5.54. The summed E-state index contributed by atoms with van der Waals surface area (Å²) >= 11 is 0. The van der Waals surface area contributed by atoms with Crippen LogP contribution in [-0.4, -0.2) is 31.1 Å². The first-order chi connectivity index (χ1) is 9.00. The van der Waals surface area contributed by atoms with Crippen LogP contribution in [0.3, 0.4) is 0 Å². The van der Waals surface area contributed by atoms with Crippen molar-refractivity contribution in [3.8, 4) is 0 Å². The molecule has 2 nitrogen and oxygen atoms in total. The molecule has 1 N–H and O–H groups in total. The summed E-state index contributed by atoms with van der Waals surface area (Å²) in [5.74, 6) is -0.125. The molecule has 0 fully saturated rings. The van der Waals surface area contributed by atoms with Crippen molar-refractivity contribution in [3.05, 3.63) is 35.1 Å². The maximum atomic E-state index is 13.1. The lowest BCUT2D eigenvalue weighted by atomic mass is 10.1. The first-order valence-corrected chi connectivity index (χ1v) is 7.16. The van der Waals surface area contributed by atoms with Gasteiger partial charge in [0.1, 0.15) is 5.82 Å². The molecule has 0 saturated carbocycles. The van der Waals surface area contributed by atoms with Gasteiger partial charge >= 0.3 is 0 Å². The number of benzene rings is 1. The summed E-state index contributed by atoms with van der Waals surface area (Å²) in [6.45, 7) is 9.23. The molecule has 0 saturated heterocycles. The van der Waals surface area contributed by atoms with Crippen LogP contribution < -0.4 is 5.32 Å². The van der Waals surface area contributed by atoms with Crippen LogP contribution >= 0.6 is 0 Å². The molecule has 0 aliphatic heterocycles. The first-order valence-electron chi connectivity index (χ1n) is 7.16. The van der Waals surface area contributed by atoms with Crippen LogP contribution in [0, 0.1) is 12.7 Å². The number of hydrogen-bond donors (Lipinski definition) is 1. The van der Waals surface area contributed by atoms with E-state index in [0.717, 1.165) is 30.8 Å². The predicted octanol–water partition coefficient (Wildman–Crippen LogP) is 3.34. The first kappa shape index (κ1) is 16.1. The zero-order chi connectivity index (χ0) is 14.3. The third-order valence-corrected chi connectivity index (χ3v) is 3.55. The Kier molecular flexibility index (Phi) is 7.03. The van der Waals surface area contributed by atoms with Crippen molar-refractivity contribution in [2.45, 2.75) is 46.2 Å². The van der Waals surface area contributed by atoms with Crippen LogP contribution in [0.4, 0.5) is 4.39 Å². The van der Waals surface area contributed by atoms with Gasteiger partial charge in [-0.15, -0.1) is 0 Å². The van der Waals surface area contributed by atoms with Gasteiger partial charge in [-0.25, -0.2) is 4.39 Å². The molecule has 0 unspecified atom stereocenters. The molecule has 1 aromatic carbocycles. The zero-order valence-electron chi connectivity index (χ0n) is 12.7. The van der Waals surface area contributed by atoms with E-state index in [1.165, 1.54) is 12.8 Å². The largest absolute Gasteiger partial charge is 0.313 e. The number of unbranched alkanes of at least 4 members (excludes halogenated alkanes) is 1. The monoisotopic (exact) mass is 266 g/mol. The van der Waals surface area contributed by atoms with Gasteiger partial charge in [-0.05, 0) is 70.9 Å².